The van der Waals surface area contributed by atoms with E-state index in [0.29, 0.717) is 5.56 Å². The lowest BCUT2D eigenvalue weighted by Gasteiger charge is -2.09. The number of hydrogen-bond acceptors (Lipinski definition) is 1. The van der Waals surface area contributed by atoms with Gasteiger partial charge in [0.2, 0.25) is 0 Å². The van der Waals surface area contributed by atoms with E-state index >= 15 is 0 Å². The third-order valence-electron chi connectivity index (χ3n) is 2.57. The van der Waals surface area contributed by atoms with Crippen molar-refractivity contribution in [2.75, 3.05) is 0 Å². The maximum Gasteiger partial charge on any atom is 0.336 e. The van der Waals surface area contributed by atoms with E-state index in [1.165, 1.54) is 0 Å². The standard InChI is InChI=1S/C14H11BrO2/c1-9-6-7-10(12(8-9)14(16)17)11-4-2-3-5-13(11)15/h2-8H,1H3,(H,16,17). The Morgan fingerprint density at radius 3 is 2.47 bits per heavy atom. The van der Waals surface area contributed by atoms with E-state index in [1.807, 2.05) is 43.3 Å². The van der Waals surface area contributed by atoms with Gasteiger partial charge in [-0.25, -0.2) is 4.79 Å². The van der Waals surface area contributed by atoms with Gasteiger partial charge in [0.25, 0.3) is 0 Å². The van der Waals surface area contributed by atoms with Crippen LogP contribution in [0, 0.1) is 6.92 Å². The summed E-state index contributed by atoms with van der Waals surface area (Å²) in [5.74, 6) is -0.903. The normalized spacial score (nSPS) is 10.2. The van der Waals surface area contributed by atoms with Gasteiger partial charge < -0.3 is 5.11 Å². The zero-order chi connectivity index (χ0) is 12.4. The van der Waals surface area contributed by atoms with E-state index < -0.39 is 5.97 Å². The quantitative estimate of drug-likeness (QED) is 0.903. The van der Waals surface area contributed by atoms with Gasteiger partial charge in [0, 0.05) is 4.47 Å². The number of benzene rings is 2. The first-order chi connectivity index (χ1) is 8.09. The van der Waals surface area contributed by atoms with Crippen LogP contribution in [0.3, 0.4) is 0 Å². The van der Waals surface area contributed by atoms with Crippen LogP contribution in [0.4, 0.5) is 0 Å². The van der Waals surface area contributed by atoms with Crippen LogP contribution in [0.15, 0.2) is 46.9 Å². The molecule has 2 aromatic carbocycles. The van der Waals surface area contributed by atoms with Crippen molar-refractivity contribution >= 4 is 21.9 Å². The molecule has 0 bridgehead atoms. The fourth-order valence-electron chi connectivity index (χ4n) is 1.75. The average Bonchev–Trinajstić information content (AvgIpc) is 2.30. The highest BCUT2D eigenvalue weighted by atomic mass is 79.9. The molecule has 1 N–H and O–H groups in total. The second-order valence-electron chi connectivity index (χ2n) is 3.83. The number of carboxylic acid groups (broad SMARTS) is 1. The molecule has 0 saturated carbocycles. The zero-order valence-corrected chi connectivity index (χ0v) is 10.9. The Kier molecular flexibility index (Phi) is 3.29. The maximum absolute atomic E-state index is 11.2. The average molecular weight is 291 g/mol. The molecule has 0 spiro atoms. The van der Waals surface area contributed by atoms with Gasteiger partial charge >= 0.3 is 5.97 Å². The summed E-state index contributed by atoms with van der Waals surface area (Å²) in [6.45, 7) is 1.89. The van der Waals surface area contributed by atoms with Crippen LogP contribution in [0.2, 0.25) is 0 Å². The summed E-state index contributed by atoms with van der Waals surface area (Å²) < 4.78 is 0.895. The van der Waals surface area contributed by atoms with Crippen molar-refractivity contribution in [2.45, 2.75) is 6.92 Å². The molecule has 0 radical (unpaired) electrons. The Bertz CT molecular complexity index is 576. The Morgan fingerprint density at radius 1 is 1.12 bits per heavy atom. The number of aromatic carboxylic acids is 1. The molecule has 0 aliphatic carbocycles. The highest BCUT2D eigenvalue weighted by molar-refractivity contribution is 9.10. The molecule has 2 nitrogen and oxygen atoms in total. The summed E-state index contributed by atoms with van der Waals surface area (Å²) >= 11 is 3.44. The second-order valence-corrected chi connectivity index (χ2v) is 4.69. The van der Waals surface area contributed by atoms with Crippen LogP contribution in [0.1, 0.15) is 15.9 Å². The lowest BCUT2D eigenvalue weighted by Crippen LogP contribution is -2.00. The molecule has 3 heteroatoms. The molecule has 2 aromatic rings. The van der Waals surface area contributed by atoms with Crippen molar-refractivity contribution in [3.63, 3.8) is 0 Å². The van der Waals surface area contributed by atoms with Crippen molar-refractivity contribution in [1.82, 2.24) is 0 Å². The molecule has 0 heterocycles. The molecule has 0 unspecified atom stereocenters. The molecule has 2 rings (SSSR count). The highest BCUT2D eigenvalue weighted by Crippen LogP contribution is 2.31. The van der Waals surface area contributed by atoms with Crippen molar-refractivity contribution in [1.29, 1.82) is 0 Å². The number of rotatable bonds is 2. The van der Waals surface area contributed by atoms with Gasteiger partial charge in [-0.05, 0) is 30.2 Å². The monoisotopic (exact) mass is 290 g/mol. The smallest absolute Gasteiger partial charge is 0.336 e. The van der Waals surface area contributed by atoms with Gasteiger partial charge in [0.1, 0.15) is 0 Å². The molecule has 0 aromatic heterocycles. The van der Waals surface area contributed by atoms with Crippen molar-refractivity contribution in [3.05, 3.63) is 58.1 Å². The summed E-state index contributed by atoms with van der Waals surface area (Å²) in [6, 6.07) is 13.1. The number of carbonyl (C=O) groups is 1. The number of carboxylic acids is 1. The highest BCUT2D eigenvalue weighted by Gasteiger charge is 2.13. The zero-order valence-electron chi connectivity index (χ0n) is 9.27. The minimum atomic E-state index is -0.903. The first kappa shape index (κ1) is 11.9. The molecule has 0 aliphatic rings. The van der Waals surface area contributed by atoms with E-state index in [-0.39, 0.29) is 0 Å². The van der Waals surface area contributed by atoms with Crippen molar-refractivity contribution < 1.29 is 9.90 Å². The lowest BCUT2D eigenvalue weighted by molar-refractivity contribution is 0.0697. The largest absolute Gasteiger partial charge is 0.478 e. The van der Waals surface area contributed by atoms with E-state index in [4.69, 9.17) is 0 Å². The lowest BCUT2D eigenvalue weighted by atomic mass is 9.98. The minimum Gasteiger partial charge on any atom is -0.478 e. The van der Waals surface area contributed by atoms with Crippen LogP contribution < -0.4 is 0 Å². The SMILES string of the molecule is Cc1ccc(-c2ccccc2Br)c(C(=O)O)c1. The predicted molar refractivity (Wildman–Crippen MR) is 71.3 cm³/mol. The van der Waals surface area contributed by atoms with Crippen molar-refractivity contribution in [3.8, 4) is 11.1 Å². The summed E-state index contributed by atoms with van der Waals surface area (Å²) in [7, 11) is 0. The summed E-state index contributed by atoms with van der Waals surface area (Å²) in [6.07, 6.45) is 0. The first-order valence-corrected chi connectivity index (χ1v) is 5.98. The van der Waals surface area contributed by atoms with E-state index in [2.05, 4.69) is 15.9 Å². The van der Waals surface area contributed by atoms with Gasteiger partial charge in [-0.15, -0.1) is 0 Å². The number of hydrogen-bond donors (Lipinski definition) is 1. The summed E-state index contributed by atoms with van der Waals surface area (Å²) in [5.41, 5.74) is 2.90. The Hall–Kier alpha value is -1.61. The molecule has 0 aliphatic heterocycles. The minimum absolute atomic E-state index is 0.330. The van der Waals surface area contributed by atoms with Gasteiger partial charge in [0.15, 0.2) is 0 Å². The molecule has 0 amide bonds. The third kappa shape index (κ3) is 2.39. The van der Waals surface area contributed by atoms with E-state index in [1.54, 1.807) is 6.07 Å². The molecule has 86 valence electrons. The van der Waals surface area contributed by atoms with Crippen LogP contribution in [-0.4, -0.2) is 11.1 Å². The second kappa shape index (κ2) is 4.72. The molecular formula is C14H11BrO2. The van der Waals surface area contributed by atoms with Gasteiger partial charge in [-0.1, -0.05) is 51.8 Å². The van der Waals surface area contributed by atoms with Crippen molar-refractivity contribution in [2.24, 2.45) is 0 Å². The fourth-order valence-corrected chi connectivity index (χ4v) is 2.25. The Morgan fingerprint density at radius 2 is 1.82 bits per heavy atom. The Labute approximate surface area is 108 Å². The fraction of sp³-hybridized carbons (Fsp3) is 0.0714. The summed E-state index contributed by atoms with van der Waals surface area (Å²) in [4.78, 5) is 11.2. The van der Waals surface area contributed by atoms with Crippen LogP contribution >= 0.6 is 15.9 Å². The van der Waals surface area contributed by atoms with Gasteiger partial charge in [-0.2, -0.15) is 0 Å². The number of aryl methyl sites for hydroxylation is 1. The topological polar surface area (TPSA) is 37.3 Å². The van der Waals surface area contributed by atoms with E-state index in [0.717, 1.165) is 21.2 Å². The molecular weight excluding hydrogens is 280 g/mol. The van der Waals surface area contributed by atoms with Crippen LogP contribution in [0.25, 0.3) is 11.1 Å². The van der Waals surface area contributed by atoms with Gasteiger partial charge in [0.05, 0.1) is 5.56 Å². The maximum atomic E-state index is 11.2. The first-order valence-electron chi connectivity index (χ1n) is 5.18. The van der Waals surface area contributed by atoms with Gasteiger partial charge in [-0.3, -0.25) is 0 Å². The Balaban J connectivity index is 2.68. The molecule has 0 saturated heterocycles. The third-order valence-corrected chi connectivity index (χ3v) is 3.26. The summed E-state index contributed by atoms with van der Waals surface area (Å²) in [5, 5.41) is 9.23. The molecule has 0 atom stereocenters. The predicted octanol–water partition coefficient (Wildman–Crippen LogP) is 4.12. The van der Waals surface area contributed by atoms with Crippen LogP contribution in [0.5, 0.6) is 0 Å². The number of halogens is 1. The molecule has 0 fully saturated rings. The molecule has 17 heavy (non-hydrogen) atoms. The van der Waals surface area contributed by atoms with Crippen LogP contribution in [-0.2, 0) is 0 Å². The van der Waals surface area contributed by atoms with E-state index in [9.17, 15) is 9.90 Å².